The zero-order valence-corrected chi connectivity index (χ0v) is 12.2. The number of nitrogens with one attached hydrogen (secondary N) is 2. The Morgan fingerprint density at radius 1 is 1.11 bits per heavy atom. The Kier molecular flexibility index (Phi) is 7.18. The summed E-state index contributed by atoms with van der Waals surface area (Å²) in [7, 11) is 0. The summed E-state index contributed by atoms with van der Waals surface area (Å²) in [5.41, 5.74) is 0. The van der Waals surface area contributed by atoms with Crippen LogP contribution in [0.3, 0.4) is 0 Å². The molecule has 1 rings (SSSR count). The van der Waals surface area contributed by atoms with E-state index in [1.165, 1.54) is 6.33 Å². The number of aliphatic hydroxyl groups is 1. The van der Waals surface area contributed by atoms with Crippen LogP contribution in [0.1, 0.15) is 40.0 Å². The quantitative estimate of drug-likeness (QED) is 0.640. The summed E-state index contributed by atoms with van der Waals surface area (Å²) < 4.78 is 0. The van der Waals surface area contributed by atoms with Crippen LogP contribution < -0.4 is 10.6 Å². The molecule has 0 bridgehead atoms. The van der Waals surface area contributed by atoms with Gasteiger partial charge in [-0.2, -0.15) is 0 Å². The second kappa shape index (κ2) is 8.69. The van der Waals surface area contributed by atoms with Crippen molar-refractivity contribution in [3.63, 3.8) is 0 Å². The molecular formula is C14H26N4O. The highest BCUT2D eigenvalue weighted by molar-refractivity contribution is 5.46. The highest BCUT2D eigenvalue weighted by Crippen LogP contribution is 2.14. The van der Waals surface area contributed by atoms with E-state index in [1.807, 2.05) is 6.07 Å². The van der Waals surface area contributed by atoms with Gasteiger partial charge in [0, 0.05) is 19.2 Å². The summed E-state index contributed by atoms with van der Waals surface area (Å²) in [5, 5.41) is 16.4. The van der Waals surface area contributed by atoms with E-state index in [0.717, 1.165) is 37.4 Å². The maximum Gasteiger partial charge on any atom is 0.131 e. The Morgan fingerprint density at radius 2 is 1.74 bits per heavy atom. The number of hydrogen-bond donors (Lipinski definition) is 3. The summed E-state index contributed by atoms with van der Waals surface area (Å²) in [4.78, 5) is 8.30. The molecule has 1 heterocycles. The van der Waals surface area contributed by atoms with Crippen molar-refractivity contribution in [2.45, 2.75) is 46.1 Å². The van der Waals surface area contributed by atoms with Gasteiger partial charge < -0.3 is 15.7 Å². The normalized spacial score (nSPS) is 12.5. The van der Waals surface area contributed by atoms with Crippen LogP contribution in [-0.2, 0) is 0 Å². The van der Waals surface area contributed by atoms with Crippen LogP contribution in [0.2, 0.25) is 0 Å². The average Bonchev–Trinajstić information content (AvgIpc) is 2.44. The molecule has 0 aliphatic rings. The van der Waals surface area contributed by atoms with Crippen LogP contribution in [0.25, 0.3) is 0 Å². The molecule has 0 aliphatic carbocycles. The van der Waals surface area contributed by atoms with Crippen LogP contribution in [-0.4, -0.2) is 34.3 Å². The molecule has 0 radical (unpaired) electrons. The first-order valence-corrected chi connectivity index (χ1v) is 7.19. The van der Waals surface area contributed by atoms with Gasteiger partial charge in [-0.05, 0) is 12.3 Å². The van der Waals surface area contributed by atoms with Crippen LogP contribution in [0.5, 0.6) is 0 Å². The van der Waals surface area contributed by atoms with Gasteiger partial charge in [0.15, 0.2) is 0 Å². The molecule has 5 heteroatoms. The monoisotopic (exact) mass is 266 g/mol. The van der Waals surface area contributed by atoms with Gasteiger partial charge in [-0.1, -0.05) is 33.6 Å². The number of anilines is 2. The summed E-state index contributed by atoms with van der Waals surface area (Å²) in [6, 6.07) is 1.87. The number of aliphatic hydroxyl groups excluding tert-OH is 1. The van der Waals surface area contributed by atoms with E-state index in [0.29, 0.717) is 12.5 Å². The van der Waals surface area contributed by atoms with Crippen molar-refractivity contribution < 1.29 is 5.11 Å². The first kappa shape index (κ1) is 15.7. The molecule has 0 saturated carbocycles. The summed E-state index contributed by atoms with van der Waals surface area (Å²) in [6.45, 7) is 7.74. The van der Waals surface area contributed by atoms with E-state index in [2.05, 4.69) is 41.4 Å². The molecule has 0 spiro atoms. The highest BCUT2D eigenvalue weighted by Gasteiger charge is 2.15. The predicted molar refractivity (Wildman–Crippen MR) is 79.4 cm³/mol. The van der Waals surface area contributed by atoms with E-state index in [1.54, 1.807) is 0 Å². The number of rotatable bonds is 9. The second-order valence-electron chi connectivity index (χ2n) is 4.74. The molecule has 0 aromatic carbocycles. The minimum absolute atomic E-state index is 0.336. The van der Waals surface area contributed by atoms with Crippen molar-refractivity contribution >= 4 is 11.6 Å². The van der Waals surface area contributed by atoms with Crippen molar-refractivity contribution in [2.75, 3.05) is 23.7 Å². The van der Waals surface area contributed by atoms with Crippen LogP contribution in [0, 0.1) is 5.92 Å². The van der Waals surface area contributed by atoms with Crippen molar-refractivity contribution in [3.05, 3.63) is 12.4 Å². The Bertz CT molecular complexity index is 355. The molecule has 0 saturated heterocycles. The molecular weight excluding hydrogens is 240 g/mol. The van der Waals surface area contributed by atoms with Crippen molar-refractivity contribution in [3.8, 4) is 0 Å². The molecule has 1 aromatic rings. The Morgan fingerprint density at radius 3 is 2.32 bits per heavy atom. The first-order valence-electron chi connectivity index (χ1n) is 7.19. The molecule has 0 fully saturated rings. The fourth-order valence-electron chi connectivity index (χ4n) is 2.01. The van der Waals surface area contributed by atoms with Crippen molar-refractivity contribution in [1.29, 1.82) is 0 Å². The largest absolute Gasteiger partial charge is 0.391 e. The zero-order valence-electron chi connectivity index (χ0n) is 12.2. The lowest BCUT2D eigenvalue weighted by atomic mass is 9.97. The third kappa shape index (κ3) is 5.42. The zero-order chi connectivity index (χ0) is 14.1. The SMILES string of the molecule is CCCNc1cc(NCC(O)C(CC)CC)ncn1. The summed E-state index contributed by atoms with van der Waals surface area (Å²) in [6.07, 6.45) is 4.24. The molecule has 108 valence electrons. The molecule has 0 aliphatic heterocycles. The Hall–Kier alpha value is -1.36. The van der Waals surface area contributed by atoms with E-state index < -0.39 is 0 Å². The van der Waals surface area contributed by atoms with Gasteiger partial charge in [0.1, 0.15) is 18.0 Å². The van der Waals surface area contributed by atoms with E-state index >= 15 is 0 Å². The molecule has 19 heavy (non-hydrogen) atoms. The van der Waals surface area contributed by atoms with Gasteiger partial charge in [0.25, 0.3) is 0 Å². The van der Waals surface area contributed by atoms with Gasteiger partial charge in [0.2, 0.25) is 0 Å². The van der Waals surface area contributed by atoms with Gasteiger partial charge in [0.05, 0.1) is 6.10 Å². The first-order chi connectivity index (χ1) is 9.21. The second-order valence-corrected chi connectivity index (χ2v) is 4.74. The minimum Gasteiger partial charge on any atom is -0.391 e. The van der Waals surface area contributed by atoms with Gasteiger partial charge in [-0.3, -0.25) is 0 Å². The predicted octanol–water partition coefficient (Wildman–Crippen LogP) is 2.51. The maximum atomic E-state index is 10.1. The van der Waals surface area contributed by atoms with Crippen LogP contribution in [0.4, 0.5) is 11.6 Å². The summed E-state index contributed by atoms with van der Waals surface area (Å²) in [5.74, 6) is 1.90. The fourth-order valence-corrected chi connectivity index (χ4v) is 2.01. The number of aromatic nitrogens is 2. The van der Waals surface area contributed by atoms with Gasteiger partial charge >= 0.3 is 0 Å². The van der Waals surface area contributed by atoms with Crippen molar-refractivity contribution in [2.24, 2.45) is 5.92 Å². The van der Waals surface area contributed by atoms with E-state index in [4.69, 9.17) is 0 Å². The Labute approximate surface area is 115 Å². The maximum absolute atomic E-state index is 10.1. The molecule has 3 N–H and O–H groups in total. The molecule has 1 unspecified atom stereocenters. The van der Waals surface area contributed by atoms with Crippen molar-refractivity contribution in [1.82, 2.24) is 9.97 Å². The standard InChI is InChI=1S/C14H26N4O/c1-4-7-15-13-8-14(18-10-17-13)16-9-12(19)11(5-2)6-3/h8,10-12,19H,4-7,9H2,1-3H3,(H2,15,16,17,18). The minimum atomic E-state index is -0.336. The van der Waals surface area contributed by atoms with Crippen LogP contribution >= 0.6 is 0 Å². The fraction of sp³-hybridized carbons (Fsp3) is 0.714. The van der Waals surface area contributed by atoms with E-state index in [9.17, 15) is 5.11 Å². The van der Waals surface area contributed by atoms with E-state index in [-0.39, 0.29) is 6.10 Å². The summed E-state index contributed by atoms with van der Waals surface area (Å²) >= 11 is 0. The lowest BCUT2D eigenvalue weighted by molar-refractivity contribution is 0.114. The number of nitrogens with zero attached hydrogens (tertiary/aromatic N) is 2. The lowest BCUT2D eigenvalue weighted by Gasteiger charge is -2.20. The third-order valence-corrected chi connectivity index (χ3v) is 3.31. The lowest BCUT2D eigenvalue weighted by Crippen LogP contribution is -2.28. The highest BCUT2D eigenvalue weighted by atomic mass is 16.3. The molecule has 0 amide bonds. The van der Waals surface area contributed by atoms with Crippen LogP contribution in [0.15, 0.2) is 12.4 Å². The number of hydrogen-bond acceptors (Lipinski definition) is 5. The molecule has 5 nitrogen and oxygen atoms in total. The van der Waals surface area contributed by atoms with Gasteiger partial charge in [-0.15, -0.1) is 0 Å². The smallest absolute Gasteiger partial charge is 0.131 e. The third-order valence-electron chi connectivity index (χ3n) is 3.31. The van der Waals surface area contributed by atoms with Gasteiger partial charge in [-0.25, -0.2) is 9.97 Å². The molecule has 1 atom stereocenters. The average molecular weight is 266 g/mol. The Balaban J connectivity index is 2.48. The molecule has 1 aromatic heterocycles. The topological polar surface area (TPSA) is 70.1 Å².